The number of hydrogen-bond acceptors (Lipinski definition) is 3. The van der Waals surface area contributed by atoms with E-state index in [2.05, 4.69) is 13.8 Å². The number of unbranched alkanes of at least 4 members (excludes halogenated alkanes) is 2. The second kappa shape index (κ2) is 10.2. The number of carbonyl (C=O) groups excluding carboxylic acids is 1. The smallest absolute Gasteiger partial charge is 0.316 e. The number of amides is 1. The molecule has 0 aliphatic carbocycles. The van der Waals surface area contributed by atoms with Crippen molar-refractivity contribution in [3.63, 3.8) is 0 Å². The fourth-order valence-corrected chi connectivity index (χ4v) is 2.14. The van der Waals surface area contributed by atoms with Gasteiger partial charge in [-0.1, -0.05) is 26.7 Å². The number of carboxylic acid groups (broad SMARTS) is 1. The molecule has 1 amide bonds. The summed E-state index contributed by atoms with van der Waals surface area (Å²) in [5.74, 6) is -0.530. The van der Waals surface area contributed by atoms with E-state index in [0.29, 0.717) is 0 Å². The van der Waals surface area contributed by atoms with Gasteiger partial charge in [0.1, 0.15) is 0 Å². The van der Waals surface area contributed by atoms with E-state index >= 15 is 0 Å². The van der Waals surface area contributed by atoms with Crippen LogP contribution in [0.15, 0.2) is 0 Å². The summed E-state index contributed by atoms with van der Waals surface area (Å²) in [5.41, 5.74) is 0. The number of thioether (sulfide) groups is 1. The van der Waals surface area contributed by atoms with Crippen LogP contribution in [0.4, 0.5) is 0 Å². The molecule has 0 aliphatic heterocycles. The van der Waals surface area contributed by atoms with Gasteiger partial charge in [-0.15, -0.1) is 11.8 Å². The first-order valence-electron chi connectivity index (χ1n) is 6.65. The Kier molecular flexibility index (Phi) is 9.83. The van der Waals surface area contributed by atoms with Crippen LogP contribution in [0.2, 0.25) is 0 Å². The van der Waals surface area contributed by atoms with Crippen LogP contribution >= 0.6 is 11.8 Å². The van der Waals surface area contributed by atoms with E-state index in [-0.39, 0.29) is 11.7 Å². The van der Waals surface area contributed by atoms with Crippen molar-refractivity contribution in [3.05, 3.63) is 0 Å². The molecule has 4 nitrogen and oxygen atoms in total. The second-order valence-corrected chi connectivity index (χ2v) is 5.71. The first-order chi connectivity index (χ1) is 8.52. The summed E-state index contributed by atoms with van der Waals surface area (Å²) in [6.07, 6.45) is 4.15. The topological polar surface area (TPSA) is 57.6 Å². The van der Waals surface area contributed by atoms with Crippen LogP contribution in [-0.4, -0.2) is 46.0 Å². The molecule has 0 rings (SSSR count). The van der Waals surface area contributed by atoms with Crippen LogP contribution in [0.3, 0.4) is 0 Å². The predicted octanol–water partition coefficient (Wildman–Crippen LogP) is 2.62. The molecular formula is C13H25NO3S. The lowest BCUT2D eigenvalue weighted by atomic mass is 10.2. The molecule has 0 saturated heterocycles. The van der Waals surface area contributed by atoms with Crippen molar-refractivity contribution in [1.29, 1.82) is 0 Å². The zero-order chi connectivity index (χ0) is 14.0. The van der Waals surface area contributed by atoms with Crippen molar-refractivity contribution < 1.29 is 14.7 Å². The van der Waals surface area contributed by atoms with Crippen LogP contribution in [0.1, 0.15) is 46.5 Å². The second-order valence-electron chi connectivity index (χ2n) is 4.38. The highest BCUT2D eigenvalue weighted by atomic mass is 32.2. The standard InChI is InChI=1S/C13H25NO3S/c1-4-6-8-14(9-7-5-2)12(15)10-18-11(3)13(16)17/h11H,4-10H2,1-3H3,(H,16,17). The van der Waals surface area contributed by atoms with Gasteiger partial charge in [0.2, 0.25) is 5.91 Å². The molecule has 0 radical (unpaired) electrons. The summed E-state index contributed by atoms with van der Waals surface area (Å²) in [7, 11) is 0. The maximum absolute atomic E-state index is 12.0. The van der Waals surface area contributed by atoms with E-state index in [1.54, 1.807) is 6.92 Å². The molecule has 1 N–H and O–H groups in total. The summed E-state index contributed by atoms with van der Waals surface area (Å²) >= 11 is 1.20. The lowest BCUT2D eigenvalue weighted by molar-refractivity contribution is -0.136. The number of carboxylic acids is 1. The molecule has 0 aromatic rings. The van der Waals surface area contributed by atoms with Crippen molar-refractivity contribution in [2.24, 2.45) is 0 Å². The average Bonchev–Trinajstić information content (AvgIpc) is 2.35. The van der Waals surface area contributed by atoms with Crippen LogP contribution in [-0.2, 0) is 9.59 Å². The van der Waals surface area contributed by atoms with Crippen LogP contribution < -0.4 is 0 Å². The quantitative estimate of drug-likeness (QED) is 0.666. The highest BCUT2D eigenvalue weighted by molar-refractivity contribution is 8.01. The molecule has 0 fully saturated rings. The van der Waals surface area contributed by atoms with E-state index in [9.17, 15) is 9.59 Å². The van der Waals surface area contributed by atoms with Crippen molar-refractivity contribution in [2.75, 3.05) is 18.8 Å². The molecule has 1 atom stereocenters. The maximum atomic E-state index is 12.0. The Hall–Kier alpha value is -0.710. The average molecular weight is 275 g/mol. The molecule has 5 heteroatoms. The molecular weight excluding hydrogens is 250 g/mol. The van der Waals surface area contributed by atoms with E-state index in [0.717, 1.165) is 38.8 Å². The number of aliphatic carboxylic acids is 1. The number of nitrogens with zero attached hydrogens (tertiary/aromatic N) is 1. The minimum Gasteiger partial charge on any atom is -0.480 e. The van der Waals surface area contributed by atoms with Crippen LogP contribution in [0.5, 0.6) is 0 Å². The predicted molar refractivity (Wildman–Crippen MR) is 76.0 cm³/mol. The maximum Gasteiger partial charge on any atom is 0.316 e. The summed E-state index contributed by atoms with van der Waals surface area (Å²) in [6.45, 7) is 7.39. The first-order valence-corrected chi connectivity index (χ1v) is 7.69. The Bertz CT molecular complexity index is 251. The van der Waals surface area contributed by atoms with Crippen molar-refractivity contribution in [1.82, 2.24) is 4.90 Å². The molecule has 0 bridgehead atoms. The Balaban J connectivity index is 4.14. The van der Waals surface area contributed by atoms with Gasteiger partial charge < -0.3 is 10.0 Å². The third-order valence-corrected chi connectivity index (χ3v) is 3.84. The van der Waals surface area contributed by atoms with Gasteiger partial charge in [0.15, 0.2) is 0 Å². The third-order valence-electron chi connectivity index (χ3n) is 2.72. The number of carbonyl (C=O) groups is 2. The molecule has 18 heavy (non-hydrogen) atoms. The molecule has 0 aromatic carbocycles. The van der Waals surface area contributed by atoms with Gasteiger partial charge in [0.25, 0.3) is 0 Å². The molecule has 0 saturated carbocycles. The highest BCUT2D eigenvalue weighted by Crippen LogP contribution is 2.12. The highest BCUT2D eigenvalue weighted by Gasteiger charge is 2.17. The van der Waals surface area contributed by atoms with E-state index in [4.69, 9.17) is 5.11 Å². The van der Waals surface area contributed by atoms with Gasteiger partial charge in [-0.25, -0.2) is 0 Å². The summed E-state index contributed by atoms with van der Waals surface area (Å²) < 4.78 is 0. The van der Waals surface area contributed by atoms with Gasteiger partial charge >= 0.3 is 5.97 Å². The van der Waals surface area contributed by atoms with Gasteiger partial charge in [-0.3, -0.25) is 9.59 Å². The first kappa shape index (κ1) is 17.3. The van der Waals surface area contributed by atoms with Crippen LogP contribution in [0.25, 0.3) is 0 Å². The fraction of sp³-hybridized carbons (Fsp3) is 0.846. The zero-order valence-corrected chi connectivity index (χ0v) is 12.5. The summed E-state index contributed by atoms with van der Waals surface area (Å²) in [5, 5.41) is 8.25. The minimum absolute atomic E-state index is 0.0648. The number of hydrogen-bond donors (Lipinski definition) is 1. The van der Waals surface area contributed by atoms with E-state index in [1.165, 1.54) is 11.8 Å². The lowest BCUT2D eigenvalue weighted by Crippen LogP contribution is -2.35. The largest absolute Gasteiger partial charge is 0.480 e. The molecule has 0 spiro atoms. The lowest BCUT2D eigenvalue weighted by Gasteiger charge is -2.22. The Morgan fingerprint density at radius 2 is 1.67 bits per heavy atom. The van der Waals surface area contributed by atoms with Gasteiger partial charge in [0, 0.05) is 13.1 Å². The molecule has 1 unspecified atom stereocenters. The van der Waals surface area contributed by atoms with E-state index in [1.807, 2.05) is 4.90 Å². The Morgan fingerprint density at radius 1 is 1.17 bits per heavy atom. The van der Waals surface area contributed by atoms with Crippen molar-refractivity contribution in [3.8, 4) is 0 Å². The zero-order valence-electron chi connectivity index (χ0n) is 11.6. The van der Waals surface area contributed by atoms with E-state index < -0.39 is 11.2 Å². The van der Waals surface area contributed by atoms with Gasteiger partial charge in [0.05, 0.1) is 11.0 Å². The third kappa shape index (κ3) is 7.58. The monoisotopic (exact) mass is 275 g/mol. The molecule has 0 aliphatic rings. The van der Waals surface area contributed by atoms with Crippen molar-refractivity contribution >= 4 is 23.6 Å². The van der Waals surface area contributed by atoms with Crippen molar-refractivity contribution in [2.45, 2.75) is 51.7 Å². The Morgan fingerprint density at radius 3 is 2.06 bits per heavy atom. The Labute approximate surface area is 114 Å². The molecule has 0 aromatic heterocycles. The normalized spacial score (nSPS) is 12.2. The van der Waals surface area contributed by atoms with Gasteiger partial charge in [-0.05, 0) is 19.8 Å². The SMILES string of the molecule is CCCCN(CCCC)C(=O)CSC(C)C(=O)O. The van der Waals surface area contributed by atoms with Gasteiger partial charge in [-0.2, -0.15) is 0 Å². The summed E-state index contributed by atoms with van der Waals surface area (Å²) in [6, 6.07) is 0. The molecule has 0 heterocycles. The summed E-state index contributed by atoms with van der Waals surface area (Å²) in [4.78, 5) is 24.5. The van der Waals surface area contributed by atoms with Crippen LogP contribution in [0, 0.1) is 0 Å². The molecule has 106 valence electrons. The fourth-order valence-electron chi connectivity index (χ4n) is 1.42. The minimum atomic E-state index is -0.860. The number of rotatable bonds is 10.